The number of hydrogen-bond acceptors (Lipinski definition) is 6. The van der Waals surface area contributed by atoms with Crippen LogP contribution in [0.25, 0.3) is 33.9 Å². The van der Waals surface area contributed by atoms with E-state index in [1.54, 1.807) is 0 Å². The van der Waals surface area contributed by atoms with Gasteiger partial charge in [-0.3, -0.25) is 4.79 Å². The number of aromatic amines is 1. The van der Waals surface area contributed by atoms with E-state index in [9.17, 15) is 4.79 Å². The van der Waals surface area contributed by atoms with Gasteiger partial charge in [0.2, 0.25) is 0 Å². The summed E-state index contributed by atoms with van der Waals surface area (Å²) in [4.78, 5) is 15.9. The lowest BCUT2D eigenvalue weighted by Gasteiger charge is -2.12. The third-order valence-corrected chi connectivity index (χ3v) is 6.03. The maximum Gasteiger partial charge on any atom is 0.307 e. The summed E-state index contributed by atoms with van der Waals surface area (Å²) in [7, 11) is 0. The van der Waals surface area contributed by atoms with E-state index in [-0.39, 0.29) is 11.8 Å². The van der Waals surface area contributed by atoms with Gasteiger partial charge in [-0.15, -0.1) is 5.10 Å². The van der Waals surface area contributed by atoms with Crippen molar-refractivity contribution >= 4 is 5.97 Å². The smallest absolute Gasteiger partial charge is 0.307 e. The van der Waals surface area contributed by atoms with Crippen LogP contribution in [0.15, 0.2) is 72.8 Å². The molecule has 0 atom stereocenters. The number of carbonyl (C=O) groups is 1. The largest absolute Gasteiger partial charge is 0.481 e. The number of benzene rings is 3. The lowest BCUT2D eigenvalue weighted by Crippen LogP contribution is -2.14. The maximum atomic E-state index is 11.1. The van der Waals surface area contributed by atoms with Crippen LogP contribution in [0, 0.1) is 0 Å². The monoisotopic (exact) mass is 493 g/mol. The zero-order valence-electron chi connectivity index (χ0n) is 20.9. The average Bonchev–Trinajstić information content (AvgIpc) is 3.55. The fourth-order valence-electron chi connectivity index (χ4n) is 4.11. The Morgan fingerprint density at radius 3 is 2.16 bits per heavy atom. The number of aromatic nitrogens is 7. The van der Waals surface area contributed by atoms with Crippen molar-refractivity contribution in [3.8, 4) is 33.9 Å². The van der Waals surface area contributed by atoms with E-state index in [0.29, 0.717) is 12.4 Å². The Morgan fingerprint density at radius 2 is 1.54 bits per heavy atom. The Hall–Kier alpha value is -4.66. The van der Waals surface area contributed by atoms with E-state index < -0.39 is 5.97 Å². The highest BCUT2D eigenvalue weighted by Crippen LogP contribution is 2.30. The molecule has 0 aliphatic heterocycles. The summed E-state index contributed by atoms with van der Waals surface area (Å²) in [5, 5.41) is 28.2. The Morgan fingerprint density at radius 1 is 0.892 bits per heavy atom. The minimum absolute atomic E-state index is 0.0113. The van der Waals surface area contributed by atoms with Gasteiger partial charge in [-0.05, 0) is 32.7 Å². The Bertz CT molecular complexity index is 1510. The predicted octanol–water partition coefficient (Wildman–Crippen LogP) is 4.77. The van der Waals surface area contributed by atoms with Crippen LogP contribution >= 0.6 is 0 Å². The van der Waals surface area contributed by atoms with Gasteiger partial charge in [0.1, 0.15) is 0 Å². The maximum absolute atomic E-state index is 11.1. The van der Waals surface area contributed by atoms with Gasteiger partial charge in [0.05, 0.1) is 13.0 Å². The zero-order chi connectivity index (χ0) is 26.0. The quantitative estimate of drug-likeness (QED) is 0.335. The molecule has 3 aromatic carbocycles. The molecule has 0 spiro atoms. The second kappa shape index (κ2) is 9.77. The average molecular weight is 494 g/mol. The number of H-pyrrole nitrogens is 1. The van der Waals surface area contributed by atoms with Crippen molar-refractivity contribution in [3.63, 3.8) is 0 Å². The third kappa shape index (κ3) is 5.30. The molecule has 0 amide bonds. The van der Waals surface area contributed by atoms with Gasteiger partial charge < -0.3 is 5.11 Å². The molecule has 0 saturated heterocycles. The van der Waals surface area contributed by atoms with Crippen LogP contribution < -0.4 is 0 Å². The fourth-order valence-corrected chi connectivity index (χ4v) is 4.11. The molecule has 2 aromatic heterocycles. The van der Waals surface area contributed by atoms with Gasteiger partial charge in [0.25, 0.3) is 0 Å². The minimum atomic E-state index is -0.852. The summed E-state index contributed by atoms with van der Waals surface area (Å²) in [6, 6.07) is 23.8. The van der Waals surface area contributed by atoms with Gasteiger partial charge in [0, 0.05) is 16.5 Å². The van der Waals surface area contributed by atoms with Gasteiger partial charge >= 0.3 is 5.97 Å². The number of hydrogen-bond donors (Lipinski definition) is 2. The lowest BCUT2D eigenvalue weighted by atomic mass is 9.96. The first kappa shape index (κ1) is 24.1. The van der Waals surface area contributed by atoms with E-state index in [1.165, 1.54) is 0 Å². The third-order valence-electron chi connectivity index (χ3n) is 6.03. The van der Waals surface area contributed by atoms with Crippen LogP contribution in [0.1, 0.15) is 37.7 Å². The van der Waals surface area contributed by atoms with E-state index in [1.807, 2.05) is 53.2 Å². The van der Waals surface area contributed by atoms with Crippen LogP contribution in [0.3, 0.4) is 0 Å². The van der Waals surface area contributed by atoms with Crippen LogP contribution in [0.2, 0.25) is 0 Å². The molecular weight excluding hydrogens is 466 g/mol. The summed E-state index contributed by atoms with van der Waals surface area (Å²) in [6.07, 6.45) is -0.0113. The molecule has 0 bridgehead atoms. The van der Waals surface area contributed by atoms with Crippen molar-refractivity contribution in [2.75, 3.05) is 0 Å². The number of nitrogens with zero attached hydrogens (tertiary/aromatic N) is 6. The molecule has 0 saturated carbocycles. The second-order valence-electron chi connectivity index (χ2n) is 9.93. The fraction of sp³-hybridized carbons (Fsp3) is 0.214. The van der Waals surface area contributed by atoms with E-state index >= 15 is 0 Å². The van der Waals surface area contributed by atoms with Crippen molar-refractivity contribution in [2.45, 2.75) is 39.2 Å². The summed E-state index contributed by atoms with van der Waals surface area (Å²) >= 11 is 0. The van der Waals surface area contributed by atoms with Crippen LogP contribution in [0.5, 0.6) is 0 Å². The normalized spacial score (nSPS) is 11.5. The van der Waals surface area contributed by atoms with Gasteiger partial charge in [0.15, 0.2) is 17.5 Å². The Kier molecular flexibility index (Phi) is 6.35. The summed E-state index contributed by atoms with van der Waals surface area (Å²) in [6.45, 7) is 6.80. The molecule has 5 aromatic rings. The summed E-state index contributed by atoms with van der Waals surface area (Å²) in [5.41, 5.74) is 5.52. The number of rotatable bonds is 7. The van der Waals surface area contributed by atoms with Gasteiger partial charge in [-0.25, -0.2) is 14.8 Å². The standard InChI is InChI=1S/C28H27N7O2/c1-28(2,3)27-29-26(21-14-8-18(9-15-21)16-24(36)37)35(32-27)17-19-10-12-20(13-11-19)22-6-4-5-7-23(22)25-30-33-34-31-25/h4-15H,16-17H2,1-3H3,(H,36,37)(H,30,31,33,34). The van der Waals surface area contributed by atoms with Crippen LogP contribution in [-0.2, 0) is 23.2 Å². The number of aliphatic carboxylic acids is 1. The number of carboxylic acid groups (broad SMARTS) is 1. The van der Waals surface area contributed by atoms with Gasteiger partial charge in [-0.2, -0.15) is 5.10 Å². The summed E-state index contributed by atoms with van der Waals surface area (Å²) < 4.78 is 1.91. The number of nitrogens with one attached hydrogen (secondary N) is 1. The lowest BCUT2D eigenvalue weighted by molar-refractivity contribution is -0.136. The number of carboxylic acids is 1. The second-order valence-corrected chi connectivity index (χ2v) is 9.93. The predicted molar refractivity (Wildman–Crippen MR) is 140 cm³/mol. The molecule has 2 N–H and O–H groups in total. The molecule has 0 radical (unpaired) electrons. The highest BCUT2D eigenvalue weighted by atomic mass is 16.4. The molecule has 9 nitrogen and oxygen atoms in total. The molecule has 186 valence electrons. The topological polar surface area (TPSA) is 122 Å². The molecule has 0 aliphatic rings. The Labute approximate surface area is 214 Å². The first-order valence-corrected chi connectivity index (χ1v) is 12.0. The van der Waals surface area contributed by atoms with E-state index in [4.69, 9.17) is 15.2 Å². The highest BCUT2D eigenvalue weighted by molar-refractivity contribution is 5.80. The van der Waals surface area contributed by atoms with Crippen molar-refractivity contribution in [3.05, 3.63) is 89.7 Å². The van der Waals surface area contributed by atoms with Crippen molar-refractivity contribution in [1.29, 1.82) is 0 Å². The Balaban J connectivity index is 1.45. The van der Waals surface area contributed by atoms with Crippen molar-refractivity contribution in [1.82, 2.24) is 35.4 Å². The number of tetrazole rings is 1. The molecule has 2 heterocycles. The first-order valence-electron chi connectivity index (χ1n) is 12.0. The molecule has 9 heteroatoms. The zero-order valence-corrected chi connectivity index (χ0v) is 20.9. The first-order chi connectivity index (χ1) is 17.8. The van der Waals surface area contributed by atoms with Crippen LogP contribution in [0.4, 0.5) is 0 Å². The molecule has 0 unspecified atom stereocenters. The summed E-state index contributed by atoms with van der Waals surface area (Å²) in [5.74, 6) is 1.27. The van der Waals surface area contributed by atoms with Crippen LogP contribution in [-0.4, -0.2) is 46.5 Å². The van der Waals surface area contributed by atoms with Gasteiger partial charge in [-0.1, -0.05) is 93.6 Å². The molecule has 5 rings (SSSR count). The van der Waals surface area contributed by atoms with E-state index in [2.05, 4.69) is 65.7 Å². The van der Waals surface area contributed by atoms with Crippen molar-refractivity contribution in [2.24, 2.45) is 0 Å². The molecule has 0 fully saturated rings. The molecule has 37 heavy (non-hydrogen) atoms. The van der Waals surface area contributed by atoms with E-state index in [0.717, 1.165) is 45.0 Å². The molecule has 0 aliphatic carbocycles. The highest BCUT2D eigenvalue weighted by Gasteiger charge is 2.23. The minimum Gasteiger partial charge on any atom is -0.481 e. The SMILES string of the molecule is CC(C)(C)c1nc(-c2ccc(CC(=O)O)cc2)n(Cc2ccc(-c3ccccc3-c3nnn[nH]3)cc2)n1. The van der Waals surface area contributed by atoms with Crippen molar-refractivity contribution < 1.29 is 9.90 Å². The molecular formula is C28H27N7O2.